The van der Waals surface area contributed by atoms with Gasteiger partial charge in [-0.05, 0) is 24.6 Å². The minimum absolute atomic E-state index is 0.0386. The van der Waals surface area contributed by atoms with Gasteiger partial charge in [0.2, 0.25) is 0 Å². The van der Waals surface area contributed by atoms with Crippen LogP contribution in [0, 0.1) is 0 Å². The lowest BCUT2D eigenvalue weighted by Crippen LogP contribution is -2.21. The van der Waals surface area contributed by atoms with E-state index < -0.39 is 5.97 Å². The number of aromatic carboxylic acids is 1. The largest absolute Gasteiger partial charge is 0.497 e. The number of methoxy groups -OCH3 is 1. The van der Waals surface area contributed by atoms with Crippen molar-refractivity contribution in [1.82, 2.24) is 15.3 Å². The Morgan fingerprint density at radius 3 is 3.00 bits per heavy atom. The molecule has 0 saturated carbocycles. The number of carboxylic acids is 1. The second-order valence-corrected chi connectivity index (χ2v) is 4.57. The predicted octanol–water partition coefficient (Wildman–Crippen LogP) is 2.03. The third kappa shape index (κ3) is 3.76. The van der Waals surface area contributed by atoms with Crippen LogP contribution in [0.3, 0.4) is 0 Å². The minimum Gasteiger partial charge on any atom is -0.497 e. The molecule has 0 aliphatic rings. The topological polar surface area (TPSA) is 84.3 Å². The van der Waals surface area contributed by atoms with Crippen LogP contribution in [0.4, 0.5) is 0 Å². The first-order valence-electron chi connectivity index (χ1n) is 6.51. The van der Waals surface area contributed by atoms with Crippen molar-refractivity contribution in [3.8, 4) is 5.75 Å². The van der Waals surface area contributed by atoms with Crippen molar-refractivity contribution in [3.63, 3.8) is 0 Å². The third-order valence-electron chi connectivity index (χ3n) is 3.19. The van der Waals surface area contributed by atoms with Gasteiger partial charge >= 0.3 is 5.97 Å². The average molecular weight is 287 g/mol. The van der Waals surface area contributed by atoms with Gasteiger partial charge in [-0.25, -0.2) is 14.8 Å². The Hall–Kier alpha value is -2.47. The molecular formula is C15H17N3O3. The van der Waals surface area contributed by atoms with Gasteiger partial charge < -0.3 is 15.2 Å². The molecule has 0 amide bonds. The summed E-state index contributed by atoms with van der Waals surface area (Å²) >= 11 is 0. The standard InChI is InChI=1S/C15H17N3O3/c1-10(11-4-3-5-12(6-11)21-2)17-8-14-13(15(19)20)7-16-9-18-14/h3-7,9-10,17H,8H2,1-2H3,(H,19,20)/t10-/m0/s1. The van der Waals surface area contributed by atoms with Crippen LogP contribution in [0.15, 0.2) is 36.8 Å². The summed E-state index contributed by atoms with van der Waals surface area (Å²) in [6.07, 6.45) is 2.65. The number of aromatic nitrogens is 2. The molecule has 6 nitrogen and oxygen atoms in total. The van der Waals surface area contributed by atoms with Crippen molar-refractivity contribution in [3.05, 3.63) is 53.6 Å². The molecule has 0 aliphatic heterocycles. The van der Waals surface area contributed by atoms with Crippen LogP contribution < -0.4 is 10.1 Å². The number of carboxylic acid groups (broad SMARTS) is 1. The summed E-state index contributed by atoms with van der Waals surface area (Å²) in [4.78, 5) is 18.9. The van der Waals surface area contributed by atoms with Gasteiger partial charge in [0.25, 0.3) is 0 Å². The fourth-order valence-electron chi connectivity index (χ4n) is 1.95. The third-order valence-corrected chi connectivity index (χ3v) is 3.19. The Morgan fingerprint density at radius 1 is 1.48 bits per heavy atom. The first kappa shape index (κ1) is 14.9. The van der Waals surface area contributed by atoms with Gasteiger partial charge in [0, 0.05) is 18.8 Å². The summed E-state index contributed by atoms with van der Waals surface area (Å²) in [7, 11) is 1.62. The second-order valence-electron chi connectivity index (χ2n) is 4.57. The molecule has 110 valence electrons. The summed E-state index contributed by atoms with van der Waals surface area (Å²) in [6.45, 7) is 2.35. The molecule has 21 heavy (non-hydrogen) atoms. The van der Waals surface area contributed by atoms with E-state index in [-0.39, 0.29) is 11.6 Å². The highest BCUT2D eigenvalue weighted by Crippen LogP contribution is 2.19. The monoisotopic (exact) mass is 287 g/mol. The lowest BCUT2D eigenvalue weighted by Gasteiger charge is -2.15. The van der Waals surface area contributed by atoms with Gasteiger partial charge in [0.15, 0.2) is 0 Å². The van der Waals surface area contributed by atoms with Gasteiger partial charge in [-0.3, -0.25) is 0 Å². The molecule has 1 heterocycles. The van der Waals surface area contributed by atoms with Gasteiger partial charge in [-0.15, -0.1) is 0 Å². The van der Waals surface area contributed by atoms with E-state index in [4.69, 9.17) is 9.84 Å². The summed E-state index contributed by atoms with van der Waals surface area (Å²) in [5.41, 5.74) is 1.63. The highest BCUT2D eigenvalue weighted by Gasteiger charge is 2.13. The van der Waals surface area contributed by atoms with Crippen LogP contribution in [-0.4, -0.2) is 28.2 Å². The number of benzene rings is 1. The molecule has 1 aromatic carbocycles. The van der Waals surface area contributed by atoms with Crippen molar-refractivity contribution in [2.75, 3.05) is 7.11 Å². The Morgan fingerprint density at radius 2 is 2.29 bits per heavy atom. The maximum atomic E-state index is 11.1. The second kappa shape index (κ2) is 6.81. The van der Waals surface area contributed by atoms with Crippen LogP contribution in [0.2, 0.25) is 0 Å². The molecule has 0 fully saturated rings. The number of carbonyl (C=O) groups is 1. The Bertz CT molecular complexity index is 631. The first-order valence-corrected chi connectivity index (χ1v) is 6.51. The van der Waals surface area contributed by atoms with Crippen molar-refractivity contribution in [2.24, 2.45) is 0 Å². The van der Waals surface area contributed by atoms with Crippen molar-refractivity contribution >= 4 is 5.97 Å². The molecule has 6 heteroatoms. The molecule has 0 unspecified atom stereocenters. The number of nitrogens with one attached hydrogen (secondary N) is 1. The van der Waals surface area contributed by atoms with Crippen LogP contribution >= 0.6 is 0 Å². The van der Waals surface area contributed by atoms with E-state index in [1.54, 1.807) is 7.11 Å². The van der Waals surface area contributed by atoms with Gasteiger partial charge in [0.1, 0.15) is 17.6 Å². The zero-order chi connectivity index (χ0) is 15.2. The molecule has 1 atom stereocenters. The summed E-state index contributed by atoms with van der Waals surface area (Å²) < 4.78 is 5.19. The maximum absolute atomic E-state index is 11.1. The number of hydrogen-bond acceptors (Lipinski definition) is 5. The van der Waals surface area contributed by atoms with Gasteiger partial charge in [0.05, 0.1) is 12.8 Å². The van der Waals surface area contributed by atoms with E-state index >= 15 is 0 Å². The van der Waals surface area contributed by atoms with Crippen LogP contribution in [0.5, 0.6) is 5.75 Å². The maximum Gasteiger partial charge on any atom is 0.339 e. The van der Waals surface area contributed by atoms with E-state index in [9.17, 15) is 4.79 Å². The molecule has 2 aromatic rings. The molecule has 0 spiro atoms. The Kier molecular flexibility index (Phi) is 4.84. The predicted molar refractivity (Wildman–Crippen MR) is 77.2 cm³/mol. The number of nitrogens with zero attached hydrogens (tertiary/aromatic N) is 2. The van der Waals surface area contributed by atoms with Crippen molar-refractivity contribution in [2.45, 2.75) is 19.5 Å². The van der Waals surface area contributed by atoms with Crippen LogP contribution in [-0.2, 0) is 6.54 Å². The van der Waals surface area contributed by atoms with Crippen molar-refractivity contribution < 1.29 is 14.6 Å². The normalized spacial score (nSPS) is 11.9. The van der Waals surface area contributed by atoms with Gasteiger partial charge in [-0.1, -0.05) is 12.1 Å². The van der Waals surface area contributed by atoms with Gasteiger partial charge in [-0.2, -0.15) is 0 Å². The molecular weight excluding hydrogens is 270 g/mol. The molecule has 0 bridgehead atoms. The molecule has 2 rings (SSSR count). The summed E-state index contributed by atoms with van der Waals surface area (Å²) in [6, 6.07) is 7.76. The highest BCUT2D eigenvalue weighted by atomic mass is 16.5. The molecule has 0 aliphatic carbocycles. The fraction of sp³-hybridized carbons (Fsp3) is 0.267. The van der Waals surface area contributed by atoms with Crippen LogP contribution in [0.1, 0.15) is 34.6 Å². The van der Waals surface area contributed by atoms with E-state index in [2.05, 4.69) is 15.3 Å². The smallest absolute Gasteiger partial charge is 0.339 e. The Balaban J connectivity index is 2.07. The minimum atomic E-state index is -1.03. The summed E-state index contributed by atoms with van der Waals surface area (Å²) in [5, 5.41) is 12.3. The lowest BCUT2D eigenvalue weighted by molar-refractivity contribution is 0.0694. The van der Waals surface area contributed by atoms with E-state index in [1.807, 2.05) is 31.2 Å². The fourth-order valence-corrected chi connectivity index (χ4v) is 1.95. The van der Waals surface area contributed by atoms with E-state index in [0.29, 0.717) is 12.2 Å². The van der Waals surface area contributed by atoms with Crippen molar-refractivity contribution in [1.29, 1.82) is 0 Å². The SMILES string of the molecule is COc1cccc([C@H](C)NCc2ncncc2C(=O)O)c1. The van der Waals surface area contributed by atoms with Crippen LogP contribution in [0.25, 0.3) is 0 Å². The number of rotatable bonds is 6. The number of hydrogen-bond donors (Lipinski definition) is 2. The first-order chi connectivity index (χ1) is 10.1. The zero-order valence-corrected chi connectivity index (χ0v) is 11.9. The zero-order valence-electron chi connectivity index (χ0n) is 11.9. The summed E-state index contributed by atoms with van der Waals surface area (Å²) in [5.74, 6) is -0.240. The highest BCUT2D eigenvalue weighted by molar-refractivity contribution is 5.88. The quantitative estimate of drug-likeness (QED) is 0.845. The lowest BCUT2D eigenvalue weighted by atomic mass is 10.1. The molecule has 0 radical (unpaired) electrons. The average Bonchev–Trinajstić information content (AvgIpc) is 2.52. The van der Waals surface area contributed by atoms with E-state index in [0.717, 1.165) is 11.3 Å². The van der Waals surface area contributed by atoms with E-state index in [1.165, 1.54) is 12.5 Å². The molecule has 2 N–H and O–H groups in total. The molecule has 0 saturated heterocycles. The Labute approximate surface area is 122 Å². The number of ether oxygens (including phenoxy) is 1. The molecule has 1 aromatic heterocycles.